The number of hydrogen-bond acceptors (Lipinski definition) is 3. The van der Waals surface area contributed by atoms with E-state index in [0.29, 0.717) is 17.8 Å². The van der Waals surface area contributed by atoms with Gasteiger partial charge in [0.25, 0.3) is 0 Å². The Hall–Kier alpha value is -2.35. The molecular weight excluding hydrogens is 309 g/mol. The average molecular weight is 326 g/mol. The molecule has 0 aliphatic carbocycles. The van der Waals surface area contributed by atoms with Gasteiger partial charge in [0.15, 0.2) is 0 Å². The normalized spacial score (nSPS) is 12.9. The minimum absolute atomic E-state index is 0.321. The van der Waals surface area contributed by atoms with E-state index in [4.69, 9.17) is 5.73 Å². The first-order valence-electron chi connectivity index (χ1n) is 7.10. The van der Waals surface area contributed by atoms with Gasteiger partial charge >= 0.3 is 6.18 Å². The largest absolute Gasteiger partial charge is 0.416 e. The molecule has 1 amide bonds. The van der Waals surface area contributed by atoms with Crippen LogP contribution in [-0.4, -0.2) is 21.7 Å². The summed E-state index contributed by atoms with van der Waals surface area (Å²) in [4.78, 5) is 11.8. The Kier molecular flexibility index (Phi) is 5.05. The van der Waals surface area contributed by atoms with E-state index in [0.717, 1.165) is 18.6 Å². The smallest absolute Gasteiger partial charge is 0.322 e. The molecule has 23 heavy (non-hydrogen) atoms. The molecule has 0 aliphatic heterocycles. The molecule has 1 unspecified atom stereocenters. The van der Waals surface area contributed by atoms with Crippen LogP contribution in [0.2, 0.25) is 0 Å². The summed E-state index contributed by atoms with van der Waals surface area (Å²) in [6.07, 6.45) is -0.0944. The van der Waals surface area contributed by atoms with Gasteiger partial charge in [-0.2, -0.15) is 18.3 Å². The molecule has 0 fully saturated rings. The SMILES string of the molecule is CCCC(N)C(=O)Nc1cnn(-c2ccc(C(F)(F)F)cc2)c1. The number of alkyl halides is 3. The number of nitrogens with one attached hydrogen (secondary N) is 1. The van der Waals surface area contributed by atoms with Crippen LogP contribution in [0.15, 0.2) is 36.7 Å². The van der Waals surface area contributed by atoms with E-state index in [9.17, 15) is 18.0 Å². The summed E-state index contributed by atoms with van der Waals surface area (Å²) >= 11 is 0. The molecule has 2 rings (SSSR count). The zero-order valence-corrected chi connectivity index (χ0v) is 12.5. The van der Waals surface area contributed by atoms with Crippen LogP contribution >= 0.6 is 0 Å². The third kappa shape index (κ3) is 4.32. The molecular formula is C15H17F3N4O. The lowest BCUT2D eigenvalue weighted by Crippen LogP contribution is -2.35. The number of nitrogens with two attached hydrogens (primary N) is 1. The Labute approximate surface area is 131 Å². The second-order valence-electron chi connectivity index (χ2n) is 5.10. The maximum absolute atomic E-state index is 12.5. The van der Waals surface area contributed by atoms with Crippen molar-refractivity contribution in [1.29, 1.82) is 0 Å². The highest BCUT2D eigenvalue weighted by Gasteiger charge is 2.30. The number of anilines is 1. The number of halogens is 3. The van der Waals surface area contributed by atoms with Crippen molar-refractivity contribution in [3.63, 3.8) is 0 Å². The van der Waals surface area contributed by atoms with Crippen molar-refractivity contribution >= 4 is 11.6 Å². The molecule has 2 aromatic rings. The molecule has 0 aliphatic rings. The van der Waals surface area contributed by atoms with Gasteiger partial charge in [-0.15, -0.1) is 0 Å². The fourth-order valence-electron chi connectivity index (χ4n) is 2.01. The Bertz CT molecular complexity index is 664. The van der Waals surface area contributed by atoms with Crippen LogP contribution in [0.5, 0.6) is 0 Å². The third-order valence-corrected chi connectivity index (χ3v) is 3.25. The van der Waals surface area contributed by atoms with Gasteiger partial charge in [-0.1, -0.05) is 13.3 Å². The molecule has 124 valence electrons. The summed E-state index contributed by atoms with van der Waals surface area (Å²) in [6.45, 7) is 1.93. The van der Waals surface area contributed by atoms with Crippen molar-refractivity contribution in [2.45, 2.75) is 32.0 Å². The zero-order valence-electron chi connectivity index (χ0n) is 12.5. The summed E-state index contributed by atoms with van der Waals surface area (Å²) in [5, 5.41) is 6.64. The molecule has 8 heteroatoms. The minimum atomic E-state index is -4.38. The van der Waals surface area contributed by atoms with Gasteiger partial charge in [-0.25, -0.2) is 4.68 Å². The number of rotatable bonds is 5. The number of nitrogens with zero attached hydrogens (tertiary/aromatic N) is 2. The van der Waals surface area contributed by atoms with Gasteiger partial charge in [-0.05, 0) is 30.7 Å². The second-order valence-corrected chi connectivity index (χ2v) is 5.10. The van der Waals surface area contributed by atoms with E-state index in [-0.39, 0.29) is 5.91 Å². The fourth-order valence-corrected chi connectivity index (χ4v) is 2.01. The van der Waals surface area contributed by atoms with E-state index in [2.05, 4.69) is 10.4 Å². The number of carbonyl (C=O) groups is 1. The van der Waals surface area contributed by atoms with Crippen LogP contribution in [0.4, 0.5) is 18.9 Å². The van der Waals surface area contributed by atoms with Gasteiger partial charge in [0.1, 0.15) is 0 Å². The van der Waals surface area contributed by atoms with Crippen LogP contribution in [0.1, 0.15) is 25.3 Å². The lowest BCUT2D eigenvalue weighted by Gasteiger charge is -2.09. The molecule has 0 saturated heterocycles. The molecule has 1 heterocycles. The maximum atomic E-state index is 12.5. The lowest BCUT2D eigenvalue weighted by atomic mass is 10.2. The molecule has 0 bridgehead atoms. The van der Waals surface area contributed by atoms with Crippen LogP contribution in [0.25, 0.3) is 5.69 Å². The van der Waals surface area contributed by atoms with Crippen LogP contribution < -0.4 is 11.1 Å². The topological polar surface area (TPSA) is 72.9 Å². The van der Waals surface area contributed by atoms with E-state index >= 15 is 0 Å². The summed E-state index contributed by atoms with van der Waals surface area (Å²) in [5.74, 6) is -0.321. The molecule has 3 N–H and O–H groups in total. The zero-order chi connectivity index (χ0) is 17.0. The van der Waals surface area contributed by atoms with Crippen LogP contribution in [0.3, 0.4) is 0 Å². The van der Waals surface area contributed by atoms with Gasteiger partial charge in [0, 0.05) is 0 Å². The fraction of sp³-hybridized carbons (Fsp3) is 0.333. The first-order valence-corrected chi connectivity index (χ1v) is 7.10. The minimum Gasteiger partial charge on any atom is -0.322 e. The van der Waals surface area contributed by atoms with Gasteiger partial charge in [0.05, 0.1) is 35.4 Å². The number of aromatic nitrogens is 2. The van der Waals surface area contributed by atoms with Gasteiger partial charge < -0.3 is 11.1 Å². The molecule has 1 aromatic heterocycles. The van der Waals surface area contributed by atoms with Gasteiger partial charge in [-0.3, -0.25) is 4.79 Å². The van der Waals surface area contributed by atoms with Crippen molar-refractivity contribution in [2.75, 3.05) is 5.32 Å². The summed E-state index contributed by atoms with van der Waals surface area (Å²) in [6, 6.07) is 3.97. The third-order valence-electron chi connectivity index (χ3n) is 3.25. The average Bonchev–Trinajstić information content (AvgIpc) is 2.95. The Morgan fingerprint density at radius 3 is 2.57 bits per heavy atom. The van der Waals surface area contributed by atoms with Crippen LogP contribution in [-0.2, 0) is 11.0 Å². The van der Waals surface area contributed by atoms with E-state index < -0.39 is 17.8 Å². The summed E-state index contributed by atoms with van der Waals surface area (Å²) in [7, 11) is 0. The van der Waals surface area contributed by atoms with Crippen molar-refractivity contribution in [3.05, 3.63) is 42.2 Å². The van der Waals surface area contributed by atoms with Crippen LogP contribution in [0, 0.1) is 0 Å². The van der Waals surface area contributed by atoms with E-state index in [1.807, 2.05) is 6.92 Å². The van der Waals surface area contributed by atoms with Crippen molar-refractivity contribution in [3.8, 4) is 5.69 Å². The number of carbonyl (C=O) groups excluding carboxylic acids is 1. The second kappa shape index (κ2) is 6.82. The highest BCUT2D eigenvalue weighted by molar-refractivity contribution is 5.94. The Morgan fingerprint density at radius 2 is 2.00 bits per heavy atom. The summed E-state index contributed by atoms with van der Waals surface area (Å²) in [5.41, 5.74) is 5.86. The molecule has 5 nitrogen and oxygen atoms in total. The highest BCUT2D eigenvalue weighted by atomic mass is 19.4. The predicted octanol–water partition coefficient (Wildman–Crippen LogP) is 2.96. The summed E-state index contributed by atoms with van der Waals surface area (Å²) < 4.78 is 39.0. The number of amides is 1. The lowest BCUT2D eigenvalue weighted by molar-refractivity contribution is -0.137. The quantitative estimate of drug-likeness (QED) is 0.887. The standard InChI is InChI=1S/C15H17F3N4O/c1-2-3-13(19)14(23)21-11-8-20-22(9-11)12-6-4-10(5-7-12)15(16,17)18/h4-9,13H,2-3,19H2,1H3,(H,21,23). The molecule has 0 radical (unpaired) electrons. The van der Waals surface area contributed by atoms with Gasteiger partial charge in [0.2, 0.25) is 5.91 Å². The predicted molar refractivity (Wildman–Crippen MR) is 80.1 cm³/mol. The van der Waals surface area contributed by atoms with E-state index in [1.165, 1.54) is 29.2 Å². The van der Waals surface area contributed by atoms with Crippen molar-refractivity contribution in [1.82, 2.24) is 9.78 Å². The monoisotopic (exact) mass is 326 g/mol. The number of benzene rings is 1. The first-order chi connectivity index (χ1) is 10.8. The Morgan fingerprint density at radius 1 is 1.35 bits per heavy atom. The maximum Gasteiger partial charge on any atom is 0.416 e. The first kappa shape index (κ1) is 17.0. The molecule has 1 aromatic carbocycles. The number of hydrogen-bond donors (Lipinski definition) is 2. The van der Waals surface area contributed by atoms with Crippen molar-refractivity contribution in [2.24, 2.45) is 5.73 Å². The van der Waals surface area contributed by atoms with Crippen molar-refractivity contribution < 1.29 is 18.0 Å². The highest BCUT2D eigenvalue weighted by Crippen LogP contribution is 2.29. The molecule has 0 spiro atoms. The van der Waals surface area contributed by atoms with E-state index in [1.54, 1.807) is 0 Å². The molecule has 0 saturated carbocycles. The molecule has 1 atom stereocenters. The Balaban J connectivity index is 2.09.